The maximum absolute atomic E-state index is 13.4. The Balaban J connectivity index is 1.34. The van der Waals surface area contributed by atoms with E-state index in [0.29, 0.717) is 37.4 Å². The molecule has 2 aromatic carbocycles. The number of benzene rings is 2. The number of phenolic OH excluding ortho intramolecular Hbond substituents is 2. The number of carbonyl (C=O) groups excluding carboxylic acids is 5. The van der Waals surface area contributed by atoms with Gasteiger partial charge >= 0.3 is 0 Å². The van der Waals surface area contributed by atoms with Crippen LogP contribution in [0.3, 0.4) is 0 Å². The Bertz CT molecular complexity index is 1380. The molecule has 5 amide bonds. The number of piperazine rings is 1. The highest BCUT2D eigenvalue weighted by Crippen LogP contribution is 2.36. The summed E-state index contributed by atoms with van der Waals surface area (Å²) in [5.41, 5.74) is 1.62. The van der Waals surface area contributed by atoms with Crippen molar-refractivity contribution in [2.75, 3.05) is 31.1 Å². The number of rotatable bonds is 4. The zero-order valence-electron chi connectivity index (χ0n) is 21.1. The predicted octanol–water partition coefficient (Wildman–Crippen LogP) is 1.58. The lowest BCUT2D eigenvalue weighted by molar-refractivity contribution is -0.136. The summed E-state index contributed by atoms with van der Waals surface area (Å²) in [6.07, 6.45) is 0.122. The number of imide groups is 2. The van der Waals surface area contributed by atoms with Gasteiger partial charge in [0.1, 0.15) is 17.5 Å². The number of hydrogen-bond donors (Lipinski definition) is 3. The molecule has 3 heterocycles. The van der Waals surface area contributed by atoms with Crippen molar-refractivity contribution in [1.29, 1.82) is 0 Å². The first kappa shape index (κ1) is 25.2. The van der Waals surface area contributed by atoms with Gasteiger partial charge in [-0.2, -0.15) is 0 Å². The van der Waals surface area contributed by atoms with Crippen LogP contribution < -0.4 is 10.2 Å². The highest BCUT2D eigenvalue weighted by Gasteiger charge is 2.46. The fraction of sp³-hybridized carbons (Fsp3) is 0.370. The van der Waals surface area contributed by atoms with E-state index in [9.17, 15) is 34.2 Å². The Kier molecular flexibility index (Phi) is 6.29. The maximum Gasteiger partial charge on any atom is 0.264 e. The summed E-state index contributed by atoms with van der Waals surface area (Å²) in [5.74, 6) is -3.01. The van der Waals surface area contributed by atoms with E-state index < -0.39 is 29.7 Å². The molecule has 0 spiro atoms. The fourth-order valence-corrected chi connectivity index (χ4v) is 5.31. The second kappa shape index (κ2) is 9.47. The van der Waals surface area contributed by atoms with Crippen molar-refractivity contribution < 1.29 is 34.2 Å². The minimum atomic E-state index is -1.05. The molecule has 2 fully saturated rings. The highest BCUT2D eigenvalue weighted by atomic mass is 16.3. The molecule has 3 N–H and O–H groups in total. The summed E-state index contributed by atoms with van der Waals surface area (Å²) in [6, 6.07) is 6.61. The zero-order valence-corrected chi connectivity index (χ0v) is 21.1. The number of anilines is 1. The molecule has 0 aromatic heterocycles. The molecule has 5 rings (SSSR count). The van der Waals surface area contributed by atoms with Gasteiger partial charge in [0.05, 0.1) is 22.4 Å². The van der Waals surface area contributed by atoms with Gasteiger partial charge < -0.3 is 20.0 Å². The number of carbonyl (C=O) groups is 5. The van der Waals surface area contributed by atoms with E-state index in [1.807, 2.05) is 18.7 Å². The third kappa shape index (κ3) is 4.13. The van der Waals surface area contributed by atoms with Crippen molar-refractivity contribution >= 4 is 35.2 Å². The van der Waals surface area contributed by atoms with Gasteiger partial charge in [-0.3, -0.25) is 34.2 Å². The van der Waals surface area contributed by atoms with Crippen LogP contribution in [0.25, 0.3) is 0 Å². The molecule has 0 bridgehead atoms. The quantitative estimate of drug-likeness (QED) is 0.515. The largest absolute Gasteiger partial charge is 0.508 e. The molecule has 2 aromatic rings. The molecule has 11 heteroatoms. The topological polar surface area (TPSA) is 148 Å². The lowest BCUT2D eigenvalue weighted by Crippen LogP contribution is -2.54. The second-order valence-electron chi connectivity index (χ2n) is 10.0. The molecule has 38 heavy (non-hydrogen) atoms. The van der Waals surface area contributed by atoms with Crippen LogP contribution in [0.2, 0.25) is 0 Å². The van der Waals surface area contributed by atoms with E-state index in [4.69, 9.17) is 0 Å². The van der Waals surface area contributed by atoms with Crippen molar-refractivity contribution in [2.45, 2.75) is 38.6 Å². The Labute approximate surface area is 218 Å². The van der Waals surface area contributed by atoms with Gasteiger partial charge in [-0.05, 0) is 36.1 Å². The van der Waals surface area contributed by atoms with Crippen LogP contribution in [0.1, 0.15) is 69.2 Å². The number of piperidine rings is 1. The van der Waals surface area contributed by atoms with Gasteiger partial charge in [0.2, 0.25) is 11.8 Å². The molecule has 0 aliphatic carbocycles. The summed E-state index contributed by atoms with van der Waals surface area (Å²) in [6.45, 7) is 5.11. The van der Waals surface area contributed by atoms with Crippen molar-refractivity contribution in [2.24, 2.45) is 0 Å². The lowest BCUT2D eigenvalue weighted by atomic mass is 9.98. The molecular weight excluding hydrogens is 492 g/mol. The van der Waals surface area contributed by atoms with Gasteiger partial charge in [0, 0.05) is 38.7 Å². The fourth-order valence-electron chi connectivity index (χ4n) is 5.31. The van der Waals surface area contributed by atoms with Crippen LogP contribution in [0.15, 0.2) is 30.3 Å². The average molecular weight is 521 g/mol. The standard InChI is InChI=1S/C27H28N4O7/c1-14(2)16-12-17(21(33)13-20(16)32)25(36)30-10-8-29(9-11-30)18-5-3-4-15-23(18)27(38)31(26(15)37)19-6-7-22(34)28-24(19)35/h3-5,12-14,19,32-33H,6-11H2,1-2H3,(H,28,34,35). The minimum Gasteiger partial charge on any atom is -0.508 e. The van der Waals surface area contributed by atoms with E-state index in [1.54, 1.807) is 23.1 Å². The molecule has 3 aliphatic rings. The van der Waals surface area contributed by atoms with Gasteiger partial charge in [0.15, 0.2) is 0 Å². The monoisotopic (exact) mass is 520 g/mol. The van der Waals surface area contributed by atoms with E-state index in [1.165, 1.54) is 12.1 Å². The molecule has 0 saturated carbocycles. The Morgan fingerprint density at radius 2 is 1.68 bits per heavy atom. The number of nitrogens with one attached hydrogen (secondary N) is 1. The van der Waals surface area contributed by atoms with Crippen molar-refractivity contribution in [3.05, 3.63) is 52.6 Å². The van der Waals surface area contributed by atoms with Gasteiger partial charge in [-0.15, -0.1) is 0 Å². The second-order valence-corrected chi connectivity index (χ2v) is 10.0. The third-order valence-corrected chi connectivity index (χ3v) is 7.35. The molecule has 2 saturated heterocycles. The summed E-state index contributed by atoms with van der Waals surface area (Å²) >= 11 is 0. The first-order valence-corrected chi connectivity index (χ1v) is 12.5. The zero-order chi connectivity index (χ0) is 27.3. The third-order valence-electron chi connectivity index (χ3n) is 7.35. The first-order chi connectivity index (χ1) is 18.1. The van der Waals surface area contributed by atoms with Crippen LogP contribution in [0.4, 0.5) is 5.69 Å². The van der Waals surface area contributed by atoms with Crippen LogP contribution in [-0.2, 0) is 9.59 Å². The summed E-state index contributed by atoms with van der Waals surface area (Å²) in [5, 5.41) is 22.6. The number of hydrogen-bond acceptors (Lipinski definition) is 8. The first-order valence-electron chi connectivity index (χ1n) is 12.5. The number of fused-ring (bicyclic) bond motifs is 1. The molecule has 3 aliphatic heterocycles. The number of aromatic hydroxyl groups is 2. The van der Waals surface area contributed by atoms with Gasteiger partial charge in [-0.1, -0.05) is 19.9 Å². The molecule has 198 valence electrons. The SMILES string of the molecule is CC(C)c1cc(C(=O)N2CCN(c3cccc4c3C(=O)N(C3CCC(=O)NC3=O)C4=O)CC2)c(O)cc1O. The van der Waals surface area contributed by atoms with Gasteiger partial charge in [0.25, 0.3) is 17.7 Å². The number of phenols is 2. The predicted molar refractivity (Wildman–Crippen MR) is 135 cm³/mol. The normalized spacial score (nSPS) is 19.8. The lowest BCUT2D eigenvalue weighted by Gasteiger charge is -2.37. The summed E-state index contributed by atoms with van der Waals surface area (Å²) in [4.78, 5) is 68.1. The summed E-state index contributed by atoms with van der Waals surface area (Å²) < 4.78 is 0. The smallest absolute Gasteiger partial charge is 0.264 e. The van der Waals surface area contributed by atoms with E-state index >= 15 is 0 Å². The maximum atomic E-state index is 13.4. The van der Waals surface area contributed by atoms with Crippen LogP contribution in [0, 0.1) is 0 Å². The van der Waals surface area contributed by atoms with E-state index in [0.717, 1.165) is 4.90 Å². The van der Waals surface area contributed by atoms with Crippen LogP contribution in [0.5, 0.6) is 11.5 Å². The van der Waals surface area contributed by atoms with Gasteiger partial charge in [-0.25, -0.2) is 0 Å². The Hall–Kier alpha value is -4.41. The Morgan fingerprint density at radius 3 is 2.34 bits per heavy atom. The van der Waals surface area contributed by atoms with Crippen LogP contribution in [-0.4, -0.2) is 81.8 Å². The molecular formula is C27H28N4O7. The number of amides is 5. The highest BCUT2D eigenvalue weighted by molar-refractivity contribution is 6.25. The Morgan fingerprint density at radius 1 is 0.974 bits per heavy atom. The van der Waals surface area contributed by atoms with Crippen molar-refractivity contribution in [1.82, 2.24) is 15.1 Å². The average Bonchev–Trinajstić information content (AvgIpc) is 3.13. The minimum absolute atomic E-state index is 0.0424. The van der Waals surface area contributed by atoms with E-state index in [-0.39, 0.29) is 52.9 Å². The number of nitrogens with zero attached hydrogens (tertiary/aromatic N) is 3. The molecule has 11 nitrogen and oxygen atoms in total. The molecule has 0 radical (unpaired) electrons. The molecule has 1 unspecified atom stereocenters. The van der Waals surface area contributed by atoms with Crippen LogP contribution >= 0.6 is 0 Å². The van der Waals surface area contributed by atoms with Crippen molar-refractivity contribution in [3.8, 4) is 11.5 Å². The van der Waals surface area contributed by atoms with Crippen molar-refractivity contribution in [3.63, 3.8) is 0 Å². The molecule has 1 atom stereocenters. The summed E-state index contributed by atoms with van der Waals surface area (Å²) in [7, 11) is 0. The van der Waals surface area contributed by atoms with E-state index in [2.05, 4.69) is 5.32 Å².